The van der Waals surface area contributed by atoms with Gasteiger partial charge in [0.05, 0.1) is 18.0 Å². The van der Waals surface area contributed by atoms with Crippen LogP contribution in [-0.2, 0) is 4.79 Å². The maximum absolute atomic E-state index is 13.1. The van der Waals surface area contributed by atoms with Crippen LogP contribution in [0.4, 0.5) is 15.8 Å². The number of carbonyl (C=O) groups is 1. The number of fused-ring (bicyclic) bond motifs is 1. The molecular formula is C19H16FN2NaO2S2. The van der Waals surface area contributed by atoms with Gasteiger partial charge in [0.25, 0.3) is 5.91 Å². The number of anilines is 2. The minimum atomic E-state index is -0.434. The molecule has 0 bridgehead atoms. The number of benzene rings is 2. The molecule has 0 radical (unpaired) electrons. The van der Waals surface area contributed by atoms with E-state index in [-0.39, 0.29) is 36.9 Å². The fourth-order valence-corrected chi connectivity index (χ4v) is 4.25. The fraction of sp³-hybridized carbons (Fsp3) is 0.158. The first-order valence-electron chi connectivity index (χ1n) is 8.16. The molecule has 2 aromatic rings. The van der Waals surface area contributed by atoms with Crippen LogP contribution in [0.5, 0.6) is 5.75 Å². The molecule has 4 rings (SSSR count). The van der Waals surface area contributed by atoms with E-state index in [0.29, 0.717) is 33.8 Å². The van der Waals surface area contributed by atoms with Gasteiger partial charge in [0, 0.05) is 6.54 Å². The average molecular weight is 410 g/mol. The standard InChI is InChI=1S/C19H15FN2O2S2.Na.H/c20-11-6-12-21-14-9-4-5-10-15(14)24-18(21)16-17(23)22(19(25)26-16)13-7-2-1-3-8-13;;/h1-5,7-10H,6,11-12H2;;/q;+1;-1. The number of halogens is 1. The molecule has 0 unspecified atom stereocenters. The number of amides is 1. The molecule has 27 heavy (non-hydrogen) atoms. The third-order valence-corrected chi connectivity index (χ3v) is 5.44. The third kappa shape index (κ3) is 3.79. The number of hydrogen-bond donors (Lipinski definition) is 0. The van der Waals surface area contributed by atoms with Gasteiger partial charge in [-0.3, -0.25) is 14.1 Å². The molecule has 1 amide bonds. The number of nitrogens with zero attached hydrogens (tertiary/aromatic N) is 2. The Kier molecular flexibility index (Phi) is 6.60. The van der Waals surface area contributed by atoms with Gasteiger partial charge in [0.2, 0.25) is 5.88 Å². The summed E-state index contributed by atoms with van der Waals surface area (Å²) >= 11 is 6.63. The molecule has 0 aromatic heterocycles. The van der Waals surface area contributed by atoms with Crippen LogP contribution in [-0.4, -0.2) is 23.4 Å². The molecular weight excluding hydrogens is 394 g/mol. The second-order valence-electron chi connectivity index (χ2n) is 5.74. The maximum Gasteiger partial charge on any atom is 1.00 e. The first kappa shape index (κ1) is 20.4. The van der Waals surface area contributed by atoms with Crippen molar-refractivity contribution in [1.82, 2.24) is 0 Å². The van der Waals surface area contributed by atoms with Crippen LogP contribution >= 0.6 is 24.0 Å². The molecule has 0 N–H and O–H groups in total. The van der Waals surface area contributed by atoms with Crippen molar-refractivity contribution in [3.63, 3.8) is 0 Å². The van der Waals surface area contributed by atoms with Gasteiger partial charge in [-0.05, 0) is 42.4 Å². The maximum atomic E-state index is 13.1. The van der Waals surface area contributed by atoms with Crippen molar-refractivity contribution in [1.29, 1.82) is 0 Å². The van der Waals surface area contributed by atoms with E-state index in [1.807, 2.05) is 59.5 Å². The Hall–Kier alpha value is -1.38. The van der Waals surface area contributed by atoms with E-state index in [1.54, 1.807) is 0 Å². The summed E-state index contributed by atoms with van der Waals surface area (Å²) in [6, 6.07) is 16.8. The zero-order chi connectivity index (χ0) is 18.1. The van der Waals surface area contributed by atoms with Crippen molar-refractivity contribution in [2.24, 2.45) is 0 Å². The summed E-state index contributed by atoms with van der Waals surface area (Å²) < 4.78 is 19.2. The van der Waals surface area contributed by atoms with Crippen LogP contribution in [0.15, 0.2) is 65.4 Å². The molecule has 2 aliphatic rings. The number of thioether (sulfide) groups is 1. The normalized spacial score (nSPS) is 18.4. The molecule has 134 valence electrons. The zero-order valence-electron chi connectivity index (χ0n) is 15.7. The van der Waals surface area contributed by atoms with Crippen molar-refractivity contribution in [2.75, 3.05) is 23.0 Å². The number of rotatable bonds is 4. The quantitative estimate of drug-likeness (QED) is 0.434. The van der Waals surface area contributed by atoms with Gasteiger partial charge in [-0.1, -0.05) is 42.5 Å². The summed E-state index contributed by atoms with van der Waals surface area (Å²) in [5.41, 5.74) is 1.55. The van der Waals surface area contributed by atoms with Gasteiger partial charge in [-0.25, -0.2) is 0 Å². The first-order valence-corrected chi connectivity index (χ1v) is 9.39. The number of para-hydroxylation sites is 3. The summed E-state index contributed by atoms with van der Waals surface area (Å²) in [6.07, 6.45) is 0.347. The molecule has 2 heterocycles. The molecule has 0 atom stereocenters. The SMILES string of the molecule is O=C1C(=C2Oc3ccccc3N2CCCF)SC(=S)N1c1ccccc1.[H-].[Na+]. The molecule has 0 aliphatic carbocycles. The van der Waals surface area contributed by atoms with E-state index in [1.165, 1.54) is 16.7 Å². The van der Waals surface area contributed by atoms with E-state index >= 15 is 0 Å². The van der Waals surface area contributed by atoms with Crippen molar-refractivity contribution < 1.29 is 44.9 Å². The second-order valence-corrected chi connectivity index (χ2v) is 7.39. The zero-order valence-corrected chi connectivity index (χ0v) is 18.4. The van der Waals surface area contributed by atoms with Crippen LogP contribution < -0.4 is 44.1 Å². The summed E-state index contributed by atoms with van der Waals surface area (Å²) in [5, 5.41) is 0. The third-order valence-electron chi connectivity index (χ3n) is 4.10. The van der Waals surface area contributed by atoms with Crippen LogP contribution in [0.25, 0.3) is 0 Å². The number of ether oxygens (including phenoxy) is 1. The molecule has 0 spiro atoms. The van der Waals surface area contributed by atoms with Crippen LogP contribution in [0.3, 0.4) is 0 Å². The van der Waals surface area contributed by atoms with E-state index in [2.05, 4.69) is 0 Å². The van der Waals surface area contributed by atoms with Crippen LogP contribution in [0.1, 0.15) is 7.85 Å². The number of hydrogen-bond acceptors (Lipinski definition) is 5. The summed E-state index contributed by atoms with van der Waals surface area (Å²) in [6.45, 7) is -0.00475. The van der Waals surface area contributed by atoms with Crippen molar-refractivity contribution in [2.45, 2.75) is 6.42 Å². The molecule has 4 nitrogen and oxygen atoms in total. The Labute approximate surface area is 190 Å². The molecule has 2 aliphatic heterocycles. The van der Waals surface area contributed by atoms with E-state index in [9.17, 15) is 9.18 Å². The van der Waals surface area contributed by atoms with Gasteiger partial charge >= 0.3 is 29.6 Å². The van der Waals surface area contributed by atoms with E-state index in [4.69, 9.17) is 17.0 Å². The van der Waals surface area contributed by atoms with Crippen molar-refractivity contribution in [3.05, 3.63) is 65.4 Å². The Morgan fingerprint density at radius 3 is 2.56 bits per heavy atom. The minimum absolute atomic E-state index is 0. The van der Waals surface area contributed by atoms with Crippen molar-refractivity contribution >= 4 is 45.6 Å². The Morgan fingerprint density at radius 1 is 1.11 bits per heavy atom. The smallest absolute Gasteiger partial charge is 1.00 e. The fourth-order valence-electron chi connectivity index (χ4n) is 2.94. The predicted octanol–water partition coefficient (Wildman–Crippen LogP) is 1.60. The Morgan fingerprint density at radius 2 is 1.81 bits per heavy atom. The summed E-state index contributed by atoms with van der Waals surface area (Å²) in [5.74, 6) is 0.862. The predicted molar refractivity (Wildman–Crippen MR) is 107 cm³/mol. The first-order chi connectivity index (χ1) is 12.7. The molecule has 1 saturated heterocycles. The van der Waals surface area contributed by atoms with Gasteiger partial charge in [0.15, 0.2) is 10.1 Å². The second kappa shape index (κ2) is 8.75. The summed E-state index contributed by atoms with van der Waals surface area (Å²) in [7, 11) is 0. The number of thiocarbonyl (C=S) groups is 1. The van der Waals surface area contributed by atoms with Crippen LogP contribution in [0, 0.1) is 0 Å². The van der Waals surface area contributed by atoms with Crippen LogP contribution in [0.2, 0.25) is 0 Å². The van der Waals surface area contributed by atoms with Gasteiger partial charge in [-0.2, -0.15) is 0 Å². The summed E-state index contributed by atoms with van der Waals surface area (Å²) in [4.78, 5) is 16.8. The van der Waals surface area contributed by atoms with E-state index < -0.39 is 6.67 Å². The number of carbonyl (C=O) groups excluding carboxylic acids is 1. The van der Waals surface area contributed by atoms with E-state index in [0.717, 1.165) is 11.4 Å². The Bertz CT molecular complexity index is 914. The Balaban J connectivity index is 0.00000140. The van der Waals surface area contributed by atoms with Gasteiger partial charge < -0.3 is 11.1 Å². The monoisotopic (exact) mass is 410 g/mol. The molecule has 0 saturated carbocycles. The van der Waals surface area contributed by atoms with Gasteiger partial charge in [-0.15, -0.1) is 0 Å². The largest absolute Gasteiger partial charge is 1.00 e. The number of alkyl halides is 1. The van der Waals surface area contributed by atoms with Crippen molar-refractivity contribution in [3.8, 4) is 5.75 Å². The van der Waals surface area contributed by atoms with Gasteiger partial charge in [0.1, 0.15) is 4.91 Å². The molecule has 1 fully saturated rings. The molecule has 8 heteroatoms. The average Bonchev–Trinajstić information content (AvgIpc) is 3.17. The topological polar surface area (TPSA) is 32.8 Å². The molecule has 2 aromatic carbocycles. The minimum Gasteiger partial charge on any atom is -1.00 e.